The molecule has 2 N–H and O–H groups in total. The molecule has 0 spiro atoms. The Morgan fingerprint density at radius 2 is 1.81 bits per heavy atom. The Morgan fingerprint density at radius 3 is 2.33 bits per heavy atom. The number of hydrogen-bond donors (Lipinski definition) is 2. The van der Waals surface area contributed by atoms with E-state index in [2.05, 4.69) is 5.32 Å². The molecule has 5 nitrogen and oxygen atoms in total. The number of phenolic OH excluding ortho intramolecular Hbond substituents is 1. The summed E-state index contributed by atoms with van der Waals surface area (Å²) in [5.74, 6) is 0.264. The van der Waals surface area contributed by atoms with Gasteiger partial charge in [0.15, 0.2) is 0 Å². The molecule has 0 saturated carbocycles. The van der Waals surface area contributed by atoms with Crippen LogP contribution in [0, 0.1) is 0 Å². The third kappa shape index (κ3) is 4.85. The molecule has 1 saturated heterocycles. The van der Waals surface area contributed by atoms with Crippen LogP contribution in [0.5, 0.6) is 5.75 Å². The van der Waals surface area contributed by atoms with Gasteiger partial charge in [-0.2, -0.15) is 0 Å². The minimum absolute atomic E-state index is 0.231. The smallest absolute Gasteiger partial charge is 0.410 e. The van der Waals surface area contributed by atoms with Gasteiger partial charge in [0.1, 0.15) is 11.4 Å². The maximum atomic E-state index is 12.0. The second kappa shape index (κ2) is 6.24. The fourth-order valence-electron chi connectivity index (χ4n) is 2.33. The molecular formula is C16H24N2O3. The maximum absolute atomic E-state index is 12.0. The van der Waals surface area contributed by atoms with E-state index in [4.69, 9.17) is 4.74 Å². The van der Waals surface area contributed by atoms with Crippen LogP contribution in [0.4, 0.5) is 10.5 Å². The van der Waals surface area contributed by atoms with E-state index in [1.54, 1.807) is 17.0 Å². The second-order valence-corrected chi connectivity index (χ2v) is 6.43. The van der Waals surface area contributed by atoms with E-state index in [9.17, 15) is 9.90 Å². The van der Waals surface area contributed by atoms with Gasteiger partial charge in [-0.05, 0) is 57.9 Å². The van der Waals surface area contributed by atoms with Crippen molar-refractivity contribution in [3.8, 4) is 5.75 Å². The Labute approximate surface area is 125 Å². The van der Waals surface area contributed by atoms with Crippen LogP contribution in [-0.2, 0) is 4.74 Å². The number of carbonyl (C=O) groups is 1. The van der Waals surface area contributed by atoms with Gasteiger partial charge in [0.2, 0.25) is 0 Å². The Kier molecular flexibility index (Phi) is 4.60. The van der Waals surface area contributed by atoms with Crippen molar-refractivity contribution in [2.24, 2.45) is 0 Å². The van der Waals surface area contributed by atoms with Crippen molar-refractivity contribution in [2.45, 2.75) is 45.3 Å². The van der Waals surface area contributed by atoms with E-state index in [-0.39, 0.29) is 11.8 Å². The number of nitrogens with one attached hydrogen (secondary N) is 1. The van der Waals surface area contributed by atoms with E-state index >= 15 is 0 Å². The van der Waals surface area contributed by atoms with Crippen LogP contribution < -0.4 is 5.32 Å². The number of ether oxygens (including phenoxy) is 1. The quantitative estimate of drug-likeness (QED) is 0.822. The first-order chi connectivity index (χ1) is 9.83. The normalized spacial score (nSPS) is 16.6. The largest absolute Gasteiger partial charge is 0.508 e. The number of piperidine rings is 1. The number of anilines is 1. The molecule has 1 fully saturated rings. The molecule has 0 aliphatic carbocycles. The first-order valence-corrected chi connectivity index (χ1v) is 7.37. The van der Waals surface area contributed by atoms with Crippen molar-refractivity contribution >= 4 is 11.8 Å². The highest BCUT2D eigenvalue weighted by atomic mass is 16.6. The summed E-state index contributed by atoms with van der Waals surface area (Å²) in [6.45, 7) is 7.04. The summed E-state index contributed by atoms with van der Waals surface area (Å²) < 4.78 is 5.38. The zero-order chi connectivity index (χ0) is 15.5. The molecule has 21 heavy (non-hydrogen) atoms. The lowest BCUT2D eigenvalue weighted by molar-refractivity contribution is 0.0210. The zero-order valence-corrected chi connectivity index (χ0v) is 12.9. The van der Waals surface area contributed by atoms with Gasteiger partial charge < -0.3 is 20.1 Å². The second-order valence-electron chi connectivity index (χ2n) is 6.43. The molecule has 1 aliphatic rings. The van der Waals surface area contributed by atoms with Gasteiger partial charge in [-0.3, -0.25) is 0 Å². The van der Waals surface area contributed by atoms with Gasteiger partial charge in [0.05, 0.1) is 0 Å². The summed E-state index contributed by atoms with van der Waals surface area (Å²) in [5, 5.41) is 12.7. The highest BCUT2D eigenvalue weighted by Gasteiger charge is 2.26. The number of carbonyl (C=O) groups excluding carboxylic acids is 1. The number of benzene rings is 1. The lowest BCUT2D eigenvalue weighted by Crippen LogP contribution is -2.44. The van der Waals surface area contributed by atoms with Gasteiger partial charge in [-0.1, -0.05) is 0 Å². The van der Waals surface area contributed by atoms with Crippen molar-refractivity contribution in [1.29, 1.82) is 0 Å². The lowest BCUT2D eigenvalue weighted by Gasteiger charge is -2.34. The summed E-state index contributed by atoms with van der Waals surface area (Å²) in [6.07, 6.45) is 1.55. The third-order valence-corrected chi connectivity index (χ3v) is 3.38. The molecular weight excluding hydrogens is 268 g/mol. The average molecular weight is 292 g/mol. The molecule has 0 radical (unpaired) electrons. The van der Waals surface area contributed by atoms with Crippen LogP contribution >= 0.6 is 0 Å². The van der Waals surface area contributed by atoms with E-state index in [0.717, 1.165) is 18.5 Å². The standard InChI is InChI=1S/C16H24N2O3/c1-16(2,3)21-15(20)18-10-8-13(9-11-18)17-12-4-6-14(19)7-5-12/h4-7,13,17,19H,8-11H2,1-3H3. The summed E-state index contributed by atoms with van der Waals surface area (Å²) in [4.78, 5) is 13.7. The van der Waals surface area contributed by atoms with E-state index < -0.39 is 5.60 Å². The predicted molar refractivity (Wildman–Crippen MR) is 82.6 cm³/mol. The highest BCUT2D eigenvalue weighted by molar-refractivity contribution is 5.68. The third-order valence-electron chi connectivity index (χ3n) is 3.38. The average Bonchev–Trinajstić information content (AvgIpc) is 2.40. The van der Waals surface area contributed by atoms with Gasteiger partial charge in [-0.25, -0.2) is 4.79 Å². The molecule has 2 rings (SSSR count). The van der Waals surface area contributed by atoms with Crippen molar-refractivity contribution in [1.82, 2.24) is 4.90 Å². The fraction of sp³-hybridized carbons (Fsp3) is 0.562. The van der Waals surface area contributed by atoms with E-state index in [0.29, 0.717) is 19.1 Å². The molecule has 1 aromatic carbocycles. The molecule has 0 unspecified atom stereocenters. The van der Waals surface area contributed by atoms with Crippen LogP contribution in [0.1, 0.15) is 33.6 Å². The van der Waals surface area contributed by atoms with Gasteiger partial charge in [0, 0.05) is 24.8 Å². The molecule has 0 aromatic heterocycles. The minimum atomic E-state index is -0.446. The molecule has 1 heterocycles. The fourth-order valence-corrected chi connectivity index (χ4v) is 2.33. The lowest BCUT2D eigenvalue weighted by atomic mass is 10.0. The van der Waals surface area contributed by atoms with E-state index in [1.165, 1.54) is 0 Å². The Hall–Kier alpha value is -1.91. The van der Waals surface area contributed by atoms with Gasteiger partial charge >= 0.3 is 6.09 Å². The molecule has 1 amide bonds. The number of rotatable bonds is 2. The Bertz CT molecular complexity index is 471. The summed E-state index contributed by atoms with van der Waals surface area (Å²) in [7, 11) is 0. The Balaban J connectivity index is 1.80. The summed E-state index contributed by atoms with van der Waals surface area (Å²) in [6, 6.07) is 7.38. The van der Waals surface area contributed by atoms with Gasteiger partial charge in [0.25, 0.3) is 0 Å². The SMILES string of the molecule is CC(C)(C)OC(=O)N1CCC(Nc2ccc(O)cc2)CC1. The predicted octanol–water partition coefficient (Wildman–Crippen LogP) is 3.20. The topological polar surface area (TPSA) is 61.8 Å². The Morgan fingerprint density at radius 1 is 1.24 bits per heavy atom. The summed E-state index contributed by atoms with van der Waals surface area (Å²) >= 11 is 0. The molecule has 0 atom stereocenters. The summed E-state index contributed by atoms with van der Waals surface area (Å²) in [5.41, 5.74) is 0.543. The number of hydrogen-bond acceptors (Lipinski definition) is 4. The first-order valence-electron chi connectivity index (χ1n) is 7.37. The highest BCUT2D eigenvalue weighted by Crippen LogP contribution is 2.20. The molecule has 116 valence electrons. The molecule has 1 aliphatic heterocycles. The van der Waals surface area contributed by atoms with Crippen molar-refractivity contribution in [3.63, 3.8) is 0 Å². The minimum Gasteiger partial charge on any atom is -0.508 e. The van der Waals surface area contributed by atoms with Crippen LogP contribution in [-0.4, -0.2) is 40.8 Å². The molecule has 1 aromatic rings. The number of amides is 1. The zero-order valence-electron chi connectivity index (χ0n) is 12.9. The number of nitrogens with zero attached hydrogens (tertiary/aromatic N) is 1. The van der Waals surface area contributed by atoms with Crippen molar-refractivity contribution < 1.29 is 14.6 Å². The van der Waals surface area contributed by atoms with Crippen LogP contribution in [0.2, 0.25) is 0 Å². The van der Waals surface area contributed by atoms with Crippen LogP contribution in [0.3, 0.4) is 0 Å². The monoisotopic (exact) mass is 292 g/mol. The van der Waals surface area contributed by atoms with Crippen LogP contribution in [0.25, 0.3) is 0 Å². The number of phenols is 1. The first kappa shape index (κ1) is 15.5. The number of aromatic hydroxyl groups is 1. The van der Waals surface area contributed by atoms with Gasteiger partial charge in [-0.15, -0.1) is 0 Å². The van der Waals surface area contributed by atoms with E-state index in [1.807, 2.05) is 32.9 Å². The number of likely N-dealkylation sites (tertiary alicyclic amines) is 1. The molecule has 5 heteroatoms. The van der Waals surface area contributed by atoms with Crippen molar-refractivity contribution in [3.05, 3.63) is 24.3 Å². The van der Waals surface area contributed by atoms with Crippen LogP contribution in [0.15, 0.2) is 24.3 Å². The maximum Gasteiger partial charge on any atom is 0.410 e. The van der Waals surface area contributed by atoms with Crippen molar-refractivity contribution in [2.75, 3.05) is 18.4 Å². The molecule has 0 bridgehead atoms.